The Labute approximate surface area is 92.9 Å². The maximum atomic E-state index is 5.12. The van der Waals surface area contributed by atoms with Gasteiger partial charge < -0.3 is 14.8 Å². The molecule has 1 N–H and O–H groups in total. The summed E-state index contributed by atoms with van der Waals surface area (Å²) in [7, 11) is 3.34. The van der Waals surface area contributed by atoms with Crippen molar-refractivity contribution in [1.29, 1.82) is 0 Å². The van der Waals surface area contributed by atoms with Crippen LogP contribution in [0.25, 0.3) is 0 Å². The van der Waals surface area contributed by atoms with Gasteiger partial charge in [0.05, 0.1) is 0 Å². The van der Waals surface area contributed by atoms with E-state index >= 15 is 0 Å². The highest BCUT2D eigenvalue weighted by Crippen LogP contribution is 2.15. The third-order valence-electron chi connectivity index (χ3n) is 3.12. The second-order valence-electron chi connectivity index (χ2n) is 3.98. The van der Waals surface area contributed by atoms with E-state index in [9.17, 15) is 0 Å². The summed E-state index contributed by atoms with van der Waals surface area (Å²) in [6.45, 7) is 6.44. The van der Waals surface area contributed by atoms with Crippen molar-refractivity contribution in [2.45, 2.75) is 32.1 Å². The van der Waals surface area contributed by atoms with E-state index in [1.165, 1.54) is 19.4 Å². The van der Waals surface area contributed by atoms with Gasteiger partial charge in [-0.2, -0.15) is 0 Å². The number of rotatable bonds is 7. The Kier molecular flexibility index (Phi) is 6.17. The van der Waals surface area contributed by atoms with Gasteiger partial charge in [-0.05, 0) is 25.9 Å². The van der Waals surface area contributed by atoms with E-state index in [0.29, 0.717) is 6.04 Å². The van der Waals surface area contributed by atoms with Gasteiger partial charge in [-0.1, -0.05) is 6.92 Å². The third-order valence-corrected chi connectivity index (χ3v) is 3.12. The lowest BCUT2D eigenvalue weighted by molar-refractivity contribution is -0.0990. The molecule has 0 spiro atoms. The van der Waals surface area contributed by atoms with Crippen LogP contribution in [-0.2, 0) is 9.47 Å². The zero-order valence-electron chi connectivity index (χ0n) is 10.2. The molecular weight excluding hydrogens is 192 g/mol. The molecule has 1 aliphatic rings. The van der Waals surface area contributed by atoms with Crippen molar-refractivity contribution in [1.82, 2.24) is 10.2 Å². The minimum Gasteiger partial charge on any atom is -0.355 e. The molecule has 0 aromatic carbocycles. The largest absolute Gasteiger partial charge is 0.355 e. The van der Waals surface area contributed by atoms with Gasteiger partial charge in [0.25, 0.3) is 0 Å². The number of hydrogen-bond donors (Lipinski definition) is 1. The fraction of sp³-hybridized carbons (Fsp3) is 1.00. The van der Waals surface area contributed by atoms with E-state index in [2.05, 4.69) is 17.1 Å². The summed E-state index contributed by atoms with van der Waals surface area (Å²) in [6.07, 6.45) is 2.52. The first-order chi connectivity index (χ1) is 7.31. The van der Waals surface area contributed by atoms with Crippen LogP contribution in [0.3, 0.4) is 0 Å². The van der Waals surface area contributed by atoms with Crippen LogP contribution in [0.1, 0.15) is 19.8 Å². The first-order valence-electron chi connectivity index (χ1n) is 5.82. The fourth-order valence-corrected chi connectivity index (χ4v) is 2.17. The van der Waals surface area contributed by atoms with E-state index < -0.39 is 0 Å². The first kappa shape index (κ1) is 12.9. The molecule has 0 aliphatic carbocycles. The summed E-state index contributed by atoms with van der Waals surface area (Å²) in [4.78, 5) is 2.53. The molecule has 0 amide bonds. The van der Waals surface area contributed by atoms with Crippen molar-refractivity contribution in [2.75, 3.05) is 40.4 Å². The average Bonchev–Trinajstić information content (AvgIpc) is 2.72. The van der Waals surface area contributed by atoms with E-state index in [1.807, 2.05) is 0 Å². The summed E-state index contributed by atoms with van der Waals surface area (Å²) in [5.41, 5.74) is 0. The van der Waals surface area contributed by atoms with Gasteiger partial charge in [-0.3, -0.25) is 4.90 Å². The molecule has 4 heteroatoms. The minimum atomic E-state index is -0.124. The molecule has 0 radical (unpaired) electrons. The van der Waals surface area contributed by atoms with Crippen molar-refractivity contribution in [2.24, 2.45) is 0 Å². The zero-order valence-corrected chi connectivity index (χ0v) is 10.2. The Hall–Kier alpha value is -0.160. The number of nitrogens with one attached hydrogen (secondary N) is 1. The molecule has 0 aromatic rings. The summed E-state index contributed by atoms with van der Waals surface area (Å²) >= 11 is 0. The Bertz CT molecular complexity index is 163. The standard InChI is InChI=1S/C11H24N2O2/c1-4-13-7-5-6-10(13)8-12-9-11(14-2)15-3/h10-12H,4-9H2,1-3H3. The van der Waals surface area contributed by atoms with Crippen LogP contribution in [0.5, 0.6) is 0 Å². The van der Waals surface area contributed by atoms with Gasteiger partial charge in [0.2, 0.25) is 0 Å². The lowest BCUT2D eigenvalue weighted by Crippen LogP contribution is -2.40. The third kappa shape index (κ3) is 4.07. The molecule has 1 aliphatic heterocycles. The monoisotopic (exact) mass is 216 g/mol. The highest BCUT2D eigenvalue weighted by molar-refractivity contribution is 4.79. The second kappa shape index (κ2) is 7.17. The van der Waals surface area contributed by atoms with Crippen molar-refractivity contribution < 1.29 is 9.47 Å². The summed E-state index contributed by atoms with van der Waals surface area (Å²) in [5.74, 6) is 0. The molecule has 0 aromatic heterocycles. The molecular formula is C11H24N2O2. The Morgan fingerprint density at radius 1 is 1.40 bits per heavy atom. The highest BCUT2D eigenvalue weighted by atomic mass is 16.7. The van der Waals surface area contributed by atoms with Gasteiger partial charge >= 0.3 is 0 Å². The predicted molar refractivity (Wildman–Crippen MR) is 60.9 cm³/mol. The number of nitrogens with zero attached hydrogens (tertiary/aromatic N) is 1. The lowest BCUT2D eigenvalue weighted by Gasteiger charge is -2.24. The SMILES string of the molecule is CCN1CCCC1CNCC(OC)OC. The maximum absolute atomic E-state index is 5.12. The van der Waals surface area contributed by atoms with Crippen molar-refractivity contribution in [3.05, 3.63) is 0 Å². The summed E-state index contributed by atoms with van der Waals surface area (Å²) in [6, 6.07) is 0.698. The first-order valence-corrected chi connectivity index (χ1v) is 5.82. The topological polar surface area (TPSA) is 33.7 Å². The normalized spacial score (nSPS) is 22.8. The van der Waals surface area contributed by atoms with Gasteiger partial charge in [0.1, 0.15) is 0 Å². The quantitative estimate of drug-likeness (QED) is 0.635. The molecule has 0 saturated carbocycles. The zero-order chi connectivity index (χ0) is 11.1. The molecule has 15 heavy (non-hydrogen) atoms. The van der Waals surface area contributed by atoms with Gasteiger partial charge in [0.15, 0.2) is 6.29 Å². The van der Waals surface area contributed by atoms with Crippen LogP contribution in [0, 0.1) is 0 Å². The van der Waals surface area contributed by atoms with E-state index in [4.69, 9.17) is 9.47 Å². The molecule has 4 nitrogen and oxygen atoms in total. The van der Waals surface area contributed by atoms with Crippen LogP contribution >= 0.6 is 0 Å². The number of methoxy groups -OCH3 is 2. The van der Waals surface area contributed by atoms with Gasteiger partial charge in [-0.15, -0.1) is 0 Å². The van der Waals surface area contributed by atoms with Gasteiger partial charge in [-0.25, -0.2) is 0 Å². The molecule has 1 heterocycles. The van der Waals surface area contributed by atoms with Crippen LogP contribution < -0.4 is 5.32 Å². The van der Waals surface area contributed by atoms with E-state index in [0.717, 1.165) is 19.6 Å². The molecule has 1 fully saturated rings. The molecule has 1 unspecified atom stereocenters. The van der Waals surface area contributed by atoms with Crippen molar-refractivity contribution in [3.8, 4) is 0 Å². The van der Waals surface area contributed by atoms with Crippen molar-refractivity contribution >= 4 is 0 Å². The van der Waals surface area contributed by atoms with Gasteiger partial charge in [0, 0.05) is 33.4 Å². The van der Waals surface area contributed by atoms with Crippen LogP contribution in [0.2, 0.25) is 0 Å². The number of likely N-dealkylation sites (tertiary alicyclic amines) is 1. The number of hydrogen-bond acceptors (Lipinski definition) is 4. The molecule has 1 rings (SSSR count). The smallest absolute Gasteiger partial charge is 0.169 e. The number of likely N-dealkylation sites (N-methyl/N-ethyl adjacent to an activating group) is 1. The van der Waals surface area contributed by atoms with Crippen molar-refractivity contribution in [3.63, 3.8) is 0 Å². The summed E-state index contributed by atoms with van der Waals surface area (Å²) < 4.78 is 10.2. The second-order valence-corrected chi connectivity index (χ2v) is 3.98. The van der Waals surface area contributed by atoms with Crippen LogP contribution in [-0.4, -0.2) is 57.6 Å². The molecule has 1 saturated heterocycles. The highest BCUT2D eigenvalue weighted by Gasteiger charge is 2.22. The minimum absolute atomic E-state index is 0.124. The van der Waals surface area contributed by atoms with Crippen LogP contribution in [0.4, 0.5) is 0 Å². The average molecular weight is 216 g/mol. The van der Waals surface area contributed by atoms with E-state index in [-0.39, 0.29) is 6.29 Å². The molecule has 1 atom stereocenters. The lowest BCUT2D eigenvalue weighted by atomic mass is 10.2. The molecule has 0 bridgehead atoms. The summed E-state index contributed by atoms with van der Waals surface area (Å²) in [5, 5.41) is 3.40. The Morgan fingerprint density at radius 2 is 2.13 bits per heavy atom. The maximum Gasteiger partial charge on any atom is 0.169 e. The van der Waals surface area contributed by atoms with E-state index in [1.54, 1.807) is 14.2 Å². The number of ether oxygens (including phenoxy) is 2. The fourth-order valence-electron chi connectivity index (χ4n) is 2.17. The molecule has 90 valence electrons. The predicted octanol–water partition coefficient (Wildman–Crippen LogP) is 0.679. The Balaban J connectivity index is 2.13. The van der Waals surface area contributed by atoms with Crippen LogP contribution in [0.15, 0.2) is 0 Å². The Morgan fingerprint density at radius 3 is 2.73 bits per heavy atom.